The fourth-order valence-corrected chi connectivity index (χ4v) is 11.4. The van der Waals surface area contributed by atoms with Gasteiger partial charge in [0.05, 0.1) is 10.8 Å². The molecule has 10 aromatic carbocycles. The van der Waals surface area contributed by atoms with Gasteiger partial charge in [0.15, 0.2) is 0 Å². The van der Waals surface area contributed by atoms with Crippen LogP contribution in [-0.4, -0.2) is 0 Å². The Morgan fingerprint density at radius 3 is 1.17 bits per heavy atom. The first-order valence-electron chi connectivity index (χ1n) is 19.1. The van der Waals surface area contributed by atoms with E-state index in [0.29, 0.717) is 0 Å². The van der Waals surface area contributed by atoms with Crippen LogP contribution in [0.4, 0.5) is 0 Å². The van der Waals surface area contributed by atoms with Gasteiger partial charge in [0.25, 0.3) is 0 Å². The maximum Gasteiger partial charge on any atom is 0.0720 e. The lowest BCUT2D eigenvalue weighted by atomic mass is 9.52. The summed E-state index contributed by atoms with van der Waals surface area (Å²) in [7, 11) is 0. The fourth-order valence-electron chi connectivity index (χ4n) is 11.4. The fraction of sp³-hybridized carbons (Fsp3) is 0.0370. The molecule has 0 aliphatic heterocycles. The van der Waals surface area contributed by atoms with E-state index in [9.17, 15) is 0 Å². The second-order valence-corrected chi connectivity index (χ2v) is 15.5. The van der Waals surface area contributed by atoms with Crippen molar-refractivity contribution >= 4 is 32.3 Å². The molecule has 2 spiro atoms. The largest absolute Gasteiger partial charge is 0.0720 e. The summed E-state index contributed by atoms with van der Waals surface area (Å²) < 4.78 is 0. The Bertz CT molecular complexity index is 3120. The van der Waals surface area contributed by atoms with E-state index in [4.69, 9.17) is 0 Å². The number of hydrogen-bond acceptors (Lipinski definition) is 0. The van der Waals surface area contributed by atoms with E-state index in [0.717, 1.165) is 0 Å². The molecule has 13 rings (SSSR count). The van der Waals surface area contributed by atoms with Gasteiger partial charge < -0.3 is 0 Å². The van der Waals surface area contributed by atoms with E-state index in [1.54, 1.807) is 0 Å². The molecular weight excluding hydrogens is 649 g/mol. The molecular formula is C54H32. The van der Waals surface area contributed by atoms with Gasteiger partial charge in [-0.1, -0.05) is 188 Å². The average Bonchev–Trinajstić information content (AvgIpc) is 3.70. The summed E-state index contributed by atoms with van der Waals surface area (Å²) in [5.41, 5.74) is 17.8. The Kier molecular flexibility index (Phi) is 5.33. The molecule has 0 radical (unpaired) electrons. The van der Waals surface area contributed by atoms with Gasteiger partial charge >= 0.3 is 0 Å². The smallest absolute Gasteiger partial charge is 0.0619 e. The Hall–Kier alpha value is -6.76. The van der Waals surface area contributed by atoms with Gasteiger partial charge in [-0.2, -0.15) is 0 Å². The lowest BCUT2D eigenvalue weighted by molar-refractivity contribution is 0.633. The number of hydrogen-bond donors (Lipinski definition) is 0. The number of rotatable bonds is 1. The zero-order valence-electron chi connectivity index (χ0n) is 29.5. The van der Waals surface area contributed by atoms with Crippen LogP contribution in [0.2, 0.25) is 0 Å². The number of benzene rings is 10. The van der Waals surface area contributed by atoms with Crippen molar-refractivity contribution in [2.24, 2.45) is 0 Å². The van der Waals surface area contributed by atoms with Crippen molar-refractivity contribution in [3.05, 3.63) is 239 Å². The molecule has 0 amide bonds. The summed E-state index contributed by atoms with van der Waals surface area (Å²) in [4.78, 5) is 0. The molecule has 0 saturated heterocycles. The summed E-state index contributed by atoms with van der Waals surface area (Å²) in [6.07, 6.45) is 0. The van der Waals surface area contributed by atoms with Crippen molar-refractivity contribution in [3.63, 3.8) is 0 Å². The van der Waals surface area contributed by atoms with Crippen LogP contribution < -0.4 is 0 Å². The van der Waals surface area contributed by atoms with Crippen molar-refractivity contribution in [2.45, 2.75) is 10.8 Å². The predicted octanol–water partition coefficient (Wildman–Crippen LogP) is 13.3. The van der Waals surface area contributed by atoms with Crippen molar-refractivity contribution in [2.75, 3.05) is 0 Å². The van der Waals surface area contributed by atoms with E-state index < -0.39 is 10.8 Å². The highest BCUT2D eigenvalue weighted by atomic mass is 14.6. The highest BCUT2D eigenvalue weighted by Crippen LogP contribution is 2.67. The maximum absolute atomic E-state index is 2.55. The summed E-state index contributed by atoms with van der Waals surface area (Å²) >= 11 is 0. The molecule has 10 aromatic rings. The first-order chi connectivity index (χ1) is 26.8. The highest BCUT2D eigenvalue weighted by molar-refractivity contribution is 6.25. The summed E-state index contributed by atoms with van der Waals surface area (Å²) in [5.74, 6) is 0. The van der Waals surface area contributed by atoms with Gasteiger partial charge in [0.2, 0.25) is 0 Å². The molecule has 0 fully saturated rings. The standard InChI is InChI=1S/C54H32/c1-4-17-43-38(14-1)39-15-2-5-18-44(39)53(43)46-20-7-9-22-48(46)54(49-23-10-8-21-47(49)53)45-19-6-3-16-40(45)41-30-28-36(32-50(41)54)37-29-26-35-25-24-33-12-11-13-34-27-31-42(37)52(35)51(33)34/h1-32H. The lowest BCUT2D eigenvalue weighted by Crippen LogP contribution is -2.43. The second kappa shape index (κ2) is 10.0. The van der Waals surface area contributed by atoms with Crippen LogP contribution in [0.1, 0.15) is 44.5 Å². The lowest BCUT2D eigenvalue weighted by Gasteiger charge is -2.48. The number of fused-ring (bicyclic) bond motifs is 16. The topological polar surface area (TPSA) is 0 Å². The quantitative estimate of drug-likeness (QED) is 0.151. The van der Waals surface area contributed by atoms with Gasteiger partial charge in [0, 0.05) is 0 Å². The van der Waals surface area contributed by atoms with Crippen LogP contribution in [0.25, 0.3) is 65.7 Å². The molecule has 0 N–H and O–H groups in total. The summed E-state index contributed by atoms with van der Waals surface area (Å²) in [6, 6.07) is 74.1. The van der Waals surface area contributed by atoms with Crippen LogP contribution >= 0.6 is 0 Å². The molecule has 0 heterocycles. The Morgan fingerprint density at radius 1 is 0.241 bits per heavy atom. The maximum atomic E-state index is 2.55. The molecule has 3 aliphatic carbocycles. The SMILES string of the molecule is c1ccc2c(c1)-c1ccccc1C21c2ccccc2C2(c3ccccc3-c3ccc(-c4ccc5ccc6cccc7ccc4c5c67)cc32)c2ccccc21. The van der Waals surface area contributed by atoms with Gasteiger partial charge in [-0.3, -0.25) is 0 Å². The minimum atomic E-state index is -0.503. The Morgan fingerprint density at radius 2 is 0.630 bits per heavy atom. The first-order valence-corrected chi connectivity index (χ1v) is 19.1. The third-order valence-corrected chi connectivity index (χ3v) is 13.3. The normalized spacial score (nSPS) is 15.0. The zero-order chi connectivity index (χ0) is 35.2. The van der Waals surface area contributed by atoms with E-state index in [-0.39, 0.29) is 0 Å². The molecule has 54 heavy (non-hydrogen) atoms. The van der Waals surface area contributed by atoms with Crippen LogP contribution in [0.5, 0.6) is 0 Å². The van der Waals surface area contributed by atoms with E-state index in [1.165, 1.54) is 110 Å². The van der Waals surface area contributed by atoms with Crippen molar-refractivity contribution in [1.82, 2.24) is 0 Å². The van der Waals surface area contributed by atoms with Crippen molar-refractivity contribution in [3.8, 4) is 33.4 Å². The zero-order valence-corrected chi connectivity index (χ0v) is 29.5. The average molecular weight is 681 g/mol. The first kappa shape index (κ1) is 28.8. The third-order valence-electron chi connectivity index (χ3n) is 13.3. The Balaban J connectivity index is 1.16. The molecule has 0 nitrogen and oxygen atoms in total. The van der Waals surface area contributed by atoms with Crippen molar-refractivity contribution in [1.29, 1.82) is 0 Å². The molecule has 248 valence electrons. The van der Waals surface area contributed by atoms with Gasteiger partial charge in [-0.25, -0.2) is 0 Å². The third kappa shape index (κ3) is 3.20. The van der Waals surface area contributed by atoms with Gasteiger partial charge in [-0.15, -0.1) is 0 Å². The van der Waals surface area contributed by atoms with Crippen LogP contribution in [-0.2, 0) is 10.8 Å². The van der Waals surface area contributed by atoms with Gasteiger partial charge in [0.1, 0.15) is 0 Å². The van der Waals surface area contributed by atoms with Crippen LogP contribution in [0.15, 0.2) is 194 Å². The van der Waals surface area contributed by atoms with Crippen LogP contribution in [0.3, 0.4) is 0 Å². The monoisotopic (exact) mass is 680 g/mol. The minimum Gasteiger partial charge on any atom is -0.0619 e. The molecule has 0 unspecified atom stereocenters. The second-order valence-electron chi connectivity index (χ2n) is 15.5. The van der Waals surface area contributed by atoms with E-state index in [2.05, 4.69) is 194 Å². The summed E-state index contributed by atoms with van der Waals surface area (Å²) in [5, 5.41) is 7.91. The molecule has 0 saturated carbocycles. The molecule has 0 atom stereocenters. The molecule has 3 aliphatic rings. The van der Waals surface area contributed by atoms with E-state index in [1.807, 2.05) is 0 Å². The highest BCUT2D eigenvalue weighted by Gasteiger charge is 2.58. The minimum absolute atomic E-state index is 0.437. The summed E-state index contributed by atoms with van der Waals surface area (Å²) in [6.45, 7) is 0. The molecule has 0 bridgehead atoms. The van der Waals surface area contributed by atoms with E-state index >= 15 is 0 Å². The predicted molar refractivity (Wildman–Crippen MR) is 224 cm³/mol. The molecule has 0 heteroatoms. The Labute approximate surface area is 314 Å². The van der Waals surface area contributed by atoms with Crippen molar-refractivity contribution < 1.29 is 0 Å². The van der Waals surface area contributed by atoms with Crippen LogP contribution in [0, 0.1) is 0 Å². The van der Waals surface area contributed by atoms with Gasteiger partial charge in [-0.05, 0) is 116 Å². The molecule has 0 aromatic heterocycles.